The summed E-state index contributed by atoms with van der Waals surface area (Å²) in [5.74, 6) is 1.37. The van der Waals surface area contributed by atoms with Crippen LogP contribution in [-0.4, -0.2) is 54.8 Å². The second-order valence-corrected chi connectivity index (χ2v) is 8.59. The Morgan fingerprint density at radius 2 is 2.09 bits per heavy atom. The number of imidazole rings is 1. The molecule has 0 amide bonds. The summed E-state index contributed by atoms with van der Waals surface area (Å²) in [5, 5.41) is 13.9. The molecule has 1 aliphatic rings. The normalized spacial score (nSPS) is 20.8. The average molecular weight is 442 g/mol. The quantitative estimate of drug-likeness (QED) is 0.419. The van der Waals surface area contributed by atoms with Crippen molar-refractivity contribution in [3.8, 4) is 17.0 Å². The number of benzene rings is 1. The maximum atomic E-state index is 13.1. The number of ether oxygens (including phenoxy) is 1. The molecule has 0 aliphatic heterocycles. The van der Waals surface area contributed by atoms with E-state index in [0.29, 0.717) is 52.6 Å². The zero-order valence-corrected chi connectivity index (χ0v) is 18.0. The van der Waals surface area contributed by atoms with Gasteiger partial charge in [0.15, 0.2) is 0 Å². The lowest BCUT2D eigenvalue weighted by Gasteiger charge is -2.41. The van der Waals surface area contributed by atoms with Crippen LogP contribution < -0.4 is 10.1 Å². The number of nitrogens with one attached hydrogen (secondary N) is 2. The third-order valence-corrected chi connectivity index (χ3v) is 5.97. The highest BCUT2D eigenvalue weighted by molar-refractivity contribution is 5.99. The van der Waals surface area contributed by atoms with Gasteiger partial charge in [0.2, 0.25) is 11.8 Å². The molecule has 0 atom stereocenters. The van der Waals surface area contributed by atoms with Crippen LogP contribution in [0.15, 0.2) is 24.4 Å². The maximum Gasteiger partial charge on any atom is 0.256 e. The first-order valence-electron chi connectivity index (χ1n) is 10.4. The average Bonchev–Trinajstić information content (AvgIpc) is 3.26. The predicted octanol–water partition coefficient (Wildman–Crippen LogP) is 3.88. The number of aryl methyl sites for hydroxylation is 1. The van der Waals surface area contributed by atoms with E-state index in [9.17, 15) is 13.9 Å². The van der Waals surface area contributed by atoms with Crippen molar-refractivity contribution in [2.75, 3.05) is 12.4 Å². The molecule has 4 aromatic rings. The second-order valence-electron chi connectivity index (χ2n) is 8.59. The van der Waals surface area contributed by atoms with E-state index in [4.69, 9.17) is 4.74 Å². The van der Waals surface area contributed by atoms with Crippen LogP contribution in [0.5, 0.6) is 5.88 Å². The lowest BCUT2D eigenvalue weighted by atomic mass is 9.77. The van der Waals surface area contributed by atoms with Crippen LogP contribution in [0.25, 0.3) is 33.2 Å². The van der Waals surface area contributed by atoms with E-state index in [-0.39, 0.29) is 6.04 Å². The van der Waals surface area contributed by atoms with Crippen molar-refractivity contribution in [1.29, 1.82) is 0 Å². The topological polar surface area (TPSA) is 101 Å². The number of aromatic amines is 1. The Kier molecular flexibility index (Phi) is 4.77. The fourth-order valence-corrected chi connectivity index (χ4v) is 4.51. The van der Waals surface area contributed by atoms with E-state index >= 15 is 0 Å². The van der Waals surface area contributed by atoms with E-state index in [0.717, 1.165) is 11.1 Å². The van der Waals surface area contributed by atoms with Gasteiger partial charge in [-0.15, -0.1) is 0 Å². The Balaban J connectivity index is 1.55. The Labute approximate surface area is 182 Å². The third-order valence-electron chi connectivity index (χ3n) is 5.97. The van der Waals surface area contributed by atoms with Crippen molar-refractivity contribution in [3.05, 3.63) is 30.2 Å². The number of methoxy groups -OCH3 is 1. The molecular weight excluding hydrogens is 418 g/mol. The summed E-state index contributed by atoms with van der Waals surface area (Å²) in [6.45, 7) is 3.12. The molecule has 1 aliphatic carbocycles. The van der Waals surface area contributed by atoms with Gasteiger partial charge in [-0.05, 0) is 44.4 Å². The predicted molar refractivity (Wildman–Crippen MR) is 117 cm³/mol. The zero-order valence-electron chi connectivity index (χ0n) is 18.0. The lowest BCUT2D eigenvalue weighted by molar-refractivity contribution is -0.0236. The van der Waals surface area contributed by atoms with Crippen LogP contribution in [0.4, 0.5) is 14.7 Å². The zero-order chi connectivity index (χ0) is 22.6. The van der Waals surface area contributed by atoms with E-state index in [1.807, 2.05) is 24.4 Å². The van der Waals surface area contributed by atoms with Gasteiger partial charge in [0.25, 0.3) is 6.43 Å². The highest BCUT2D eigenvalue weighted by Gasteiger charge is 2.38. The number of rotatable bonds is 6. The minimum absolute atomic E-state index is 0.0994. The molecule has 1 aromatic carbocycles. The monoisotopic (exact) mass is 442 g/mol. The highest BCUT2D eigenvalue weighted by Crippen LogP contribution is 2.37. The summed E-state index contributed by atoms with van der Waals surface area (Å²) >= 11 is 0. The Morgan fingerprint density at radius 3 is 2.78 bits per heavy atom. The number of hydrogen-bond donors (Lipinski definition) is 3. The number of aromatic nitrogens is 5. The van der Waals surface area contributed by atoms with Crippen molar-refractivity contribution >= 4 is 28.0 Å². The van der Waals surface area contributed by atoms with Gasteiger partial charge in [-0.25, -0.2) is 13.8 Å². The molecule has 1 fully saturated rings. The number of anilines is 1. The first-order chi connectivity index (χ1) is 15.2. The highest BCUT2D eigenvalue weighted by atomic mass is 19.3. The second kappa shape index (κ2) is 7.40. The summed E-state index contributed by atoms with van der Waals surface area (Å²) in [7, 11) is 1.54. The first kappa shape index (κ1) is 20.6. The van der Waals surface area contributed by atoms with Crippen molar-refractivity contribution in [1.82, 2.24) is 24.5 Å². The number of H-pyrrole nitrogens is 1. The summed E-state index contributed by atoms with van der Waals surface area (Å²) in [4.78, 5) is 16.6. The van der Waals surface area contributed by atoms with Gasteiger partial charge in [-0.1, -0.05) is 6.07 Å². The molecule has 0 unspecified atom stereocenters. The SMILES string of the molecule is COc1nc(N[C@H]2C[C@@](C)(O)C2)nc2[nH]cc(-c3ccc4nc(C)n(CC(F)F)c4c3)c12. The van der Waals surface area contributed by atoms with Gasteiger partial charge in [-0.3, -0.25) is 0 Å². The molecule has 0 radical (unpaired) electrons. The minimum atomic E-state index is -2.47. The van der Waals surface area contributed by atoms with Gasteiger partial charge in [0.05, 0.1) is 35.7 Å². The molecule has 168 valence electrons. The van der Waals surface area contributed by atoms with Crippen LogP contribution in [-0.2, 0) is 6.54 Å². The van der Waals surface area contributed by atoms with Gasteiger partial charge in [0, 0.05) is 17.8 Å². The molecule has 0 bridgehead atoms. The van der Waals surface area contributed by atoms with Crippen molar-refractivity contribution in [3.63, 3.8) is 0 Å². The molecule has 0 saturated heterocycles. The van der Waals surface area contributed by atoms with Crippen molar-refractivity contribution in [2.45, 2.75) is 51.3 Å². The van der Waals surface area contributed by atoms with Crippen LogP contribution in [0, 0.1) is 6.92 Å². The lowest BCUT2D eigenvalue weighted by Crippen LogP contribution is -2.48. The van der Waals surface area contributed by atoms with Crippen LogP contribution in [0.1, 0.15) is 25.6 Å². The summed E-state index contributed by atoms with van der Waals surface area (Å²) < 4.78 is 33.2. The number of fused-ring (bicyclic) bond motifs is 2. The van der Waals surface area contributed by atoms with Gasteiger partial charge in [-0.2, -0.15) is 9.97 Å². The summed E-state index contributed by atoms with van der Waals surface area (Å²) in [6, 6.07) is 5.67. The third kappa shape index (κ3) is 3.54. The first-order valence-corrected chi connectivity index (χ1v) is 10.4. The largest absolute Gasteiger partial charge is 0.480 e. The number of halogens is 2. The summed E-state index contributed by atoms with van der Waals surface area (Å²) in [6.07, 6.45) is 0.583. The van der Waals surface area contributed by atoms with E-state index in [2.05, 4.69) is 25.3 Å². The fraction of sp³-hybridized carbons (Fsp3) is 0.409. The molecule has 8 nitrogen and oxygen atoms in total. The summed E-state index contributed by atoms with van der Waals surface area (Å²) in [5.41, 5.74) is 2.87. The molecular formula is C22H24F2N6O2. The van der Waals surface area contributed by atoms with Crippen LogP contribution in [0.3, 0.4) is 0 Å². The van der Waals surface area contributed by atoms with Gasteiger partial charge >= 0.3 is 0 Å². The number of nitrogens with zero attached hydrogens (tertiary/aromatic N) is 4. The Hall–Kier alpha value is -3.27. The molecule has 3 N–H and O–H groups in total. The minimum Gasteiger partial charge on any atom is -0.480 e. The number of aliphatic hydroxyl groups is 1. The molecule has 10 heteroatoms. The Bertz CT molecular complexity index is 1300. The van der Waals surface area contributed by atoms with E-state index in [1.54, 1.807) is 21.0 Å². The fourth-order valence-electron chi connectivity index (χ4n) is 4.51. The standard InChI is InChI=1S/C22H24F2N6O2/c1-11-26-15-5-4-12(6-16(15)30(11)10-17(23)24)14-9-25-19-18(14)20(32-3)29-21(28-19)27-13-7-22(2,31)8-13/h4-6,9,13,17,31H,7-8,10H2,1-3H3,(H2,25,27,28,29)/t13-,22+. The van der Waals surface area contributed by atoms with Crippen LogP contribution in [0.2, 0.25) is 0 Å². The van der Waals surface area contributed by atoms with Gasteiger partial charge < -0.3 is 24.7 Å². The van der Waals surface area contributed by atoms with E-state index < -0.39 is 18.6 Å². The molecule has 0 spiro atoms. The molecule has 3 aromatic heterocycles. The van der Waals surface area contributed by atoms with E-state index in [1.165, 1.54) is 4.57 Å². The molecule has 32 heavy (non-hydrogen) atoms. The maximum absolute atomic E-state index is 13.1. The Morgan fingerprint density at radius 1 is 1.31 bits per heavy atom. The van der Waals surface area contributed by atoms with Crippen molar-refractivity contribution < 1.29 is 18.6 Å². The number of hydrogen-bond acceptors (Lipinski definition) is 6. The smallest absolute Gasteiger partial charge is 0.256 e. The van der Waals surface area contributed by atoms with Gasteiger partial charge in [0.1, 0.15) is 11.5 Å². The molecule has 5 rings (SSSR count). The van der Waals surface area contributed by atoms with Crippen LogP contribution >= 0.6 is 0 Å². The molecule has 3 heterocycles. The molecule has 1 saturated carbocycles. The number of alkyl halides is 2. The van der Waals surface area contributed by atoms with Crippen molar-refractivity contribution in [2.24, 2.45) is 0 Å².